The second kappa shape index (κ2) is 8.95. The van der Waals surface area contributed by atoms with Crippen LogP contribution in [0.2, 0.25) is 0 Å². The van der Waals surface area contributed by atoms with Crippen LogP contribution in [0.25, 0.3) is 0 Å². The van der Waals surface area contributed by atoms with Gasteiger partial charge in [0.15, 0.2) is 0 Å². The van der Waals surface area contributed by atoms with Crippen LogP contribution in [-0.2, 0) is 14.3 Å². The molecule has 2 N–H and O–H groups in total. The molecule has 1 unspecified atom stereocenters. The Morgan fingerprint density at radius 3 is 3.13 bits per heavy atom. The van der Waals surface area contributed by atoms with Gasteiger partial charge in [-0.05, 0) is 12.1 Å². The summed E-state index contributed by atoms with van der Waals surface area (Å²) in [5.41, 5.74) is 0. The van der Waals surface area contributed by atoms with Crippen molar-refractivity contribution in [3.63, 3.8) is 0 Å². The van der Waals surface area contributed by atoms with Gasteiger partial charge in [-0.1, -0.05) is 15.9 Å². The molecule has 0 saturated carbocycles. The average molecular weight is 385 g/mol. The first-order valence-corrected chi connectivity index (χ1v) is 8.30. The number of amides is 1. The summed E-state index contributed by atoms with van der Waals surface area (Å²) in [6, 6.07) is 3.64. The first-order valence-electron chi connectivity index (χ1n) is 7.51. The van der Waals surface area contributed by atoms with Crippen LogP contribution in [0, 0.1) is 0 Å². The number of anilines is 1. The van der Waals surface area contributed by atoms with Crippen LogP contribution in [0.1, 0.15) is 12.8 Å². The smallest absolute Gasteiger partial charge is 0.307 e. The second-order valence-corrected chi connectivity index (χ2v) is 6.31. The van der Waals surface area contributed by atoms with Crippen molar-refractivity contribution in [1.29, 1.82) is 0 Å². The normalized spacial score (nSPS) is 18.4. The molecule has 0 bridgehead atoms. The van der Waals surface area contributed by atoms with Crippen molar-refractivity contribution in [3.05, 3.63) is 22.8 Å². The van der Waals surface area contributed by atoms with Crippen LogP contribution in [0.5, 0.6) is 0 Å². The molecule has 0 radical (unpaired) electrons. The van der Waals surface area contributed by atoms with Crippen molar-refractivity contribution in [2.24, 2.45) is 0 Å². The van der Waals surface area contributed by atoms with Crippen LogP contribution in [-0.4, -0.2) is 61.1 Å². The Bertz CT molecular complexity index is 555. The predicted octanol–water partition coefficient (Wildman–Crippen LogP) is 1.01. The van der Waals surface area contributed by atoms with Crippen molar-refractivity contribution < 1.29 is 14.3 Å². The summed E-state index contributed by atoms with van der Waals surface area (Å²) in [5.74, 6) is 0.245. The minimum Gasteiger partial charge on any atom is -0.469 e. The summed E-state index contributed by atoms with van der Waals surface area (Å²) in [7, 11) is 1.39. The SMILES string of the molecule is COC(=O)CC1CN(CCC(=O)Nc2cc(Br)ccn2)CCN1. The number of nitrogens with one attached hydrogen (secondary N) is 2. The van der Waals surface area contributed by atoms with Crippen molar-refractivity contribution in [2.75, 3.05) is 38.6 Å². The molecule has 2 rings (SSSR count). The van der Waals surface area contributed by atoms with Crippen LogP contribution in [0.4, 0.5) is 5.82 Å². The number of rotatable bonds is 6. The molecule has 1 aliphatic rings. The third-order valence-corrected chi connectivity index (χ3v) is 4.12. The molecule has 126 valence electrons. The molecular formula is C15H21BrN4O3. The highest BCUT2D eigenvalue weighted by molar-refractivity contribution is 9.10. The van der Waals surface area contributed by atoms with E-state index in [1.54, 1.807) is 18.3 Å². The summed E-state index contributed by atoms with van der Waals surface area (Å²) in [5, 5.41) is 6.07. The van der Waals surface area contributed by atoms with Crippen LogP contribution in [0.15, 0.2) is 22.8 Å². The van der Waals surface area contributed by atoms with Gasteiger partial charge >= 0.3 is 5.97 Å². The van der Waals surface area contributed by atoms with Gasteiger partial charge in [0.1, 0.15) is 5.82 Å². The number of halogens is 1. The minimum atomic E-state index is -0.220. The Morgan fingerprint density at radius 2 is 2.39 bits per heavy atom. The lowest BCUT2D eigenvalue weighted by molar-refractivity contribution is -0.141. The molecule has 2 heterocycles. The molecule has 1 fully saturated rings. The van der Waals surface area contributed by atoms with Crippen molar-refractivity contribution in [2.45, 2.75) is 18.9 Å². The van der Waals surface area contributed by atoms with Crippen LogP contribution in [0.3, 0.4) is 0 Å². The standard InChI is InChI=1S/C15H21BrN4O3/c1-23-15(22)9-12-10-20(7-5-17-12)6-3-14(21)19-13-8-11(16)2-4-18-13/h2,4,8,12,17H,3,5-7,9-10H2,1H3,(H,18,19,21). The molecular weight excluding hydrogens is 364 g/mol. The summed E-state index contributed by atoms with van der Waals surface area (Å²) < 4.78 is 5.56. The maximum absolute atomic E-state index is 12.0. The number of nitrogens with zero attached hydrogens (tertiary/aromatic N) is 2. The summed E-state index contributed by atoms with van der Waals surface area (Å²) in [6.07, 6.45) is 2.37. The van der Waals surface area contributed by atoms with E-state index in [1.165, 1.54) is 7.11 Å². The zero-order chi connectivity index (χ0) is 16.7. The number of aromatic nitrogens is 1. The zero-order valence-corrected chi connectivity index (χ0v) is 14.6. The van der Waals surface area contributed by atoms with E-state index in [0.29, 0.717) is 25.2 Å². The number of methoxy groups -OCH3 is 1. The van der Waals surface area contributed by atoms with E-state index in [9.17, 15) is 9.59 Å². The first kappa shape index (κ1) is 17.8. The summed E-state index contributed by atoms with van der Waals surface area (Å²) in [6.45, 7) is 3.05. The molecule has 23 heavy (non-hydrogen) atoms. The van der Waals surface area contributed by atoms with Gasteiger partial charge in [-0.2, -0.15) is 0 Å². The fraction of sp³-hybridized carbons (Fsp3) is 0.533. The quantitative estimate of drug-likeness (QED) is 0.712. The Hall–Kier alpha value is -1.51. The van der Waals surface area contributed by atoms with Gasteiger partial charge in [0.25, 0.3) is 0 Å². The van der Waals surface area contributed by atoms with Crippen LogP contribution < -0.4 is 10.6 Å². The van der Waals surface area contributed by atoms with Crippen molar-refractivity contribution >= 4 is 33.6 Å². The zero-order valence-electron chi connectivity index (χ0n) is 13.0. The Morgan fingerprint density at radius 1 is 1.57 bits per heavy atom. The third-order valence-electron chi connectivity index (χ3n) is 3.62. The largest absolute Gasteiger partial charge is 0.469 e. The maximum atomic E-state index is 12.0. The fourth-order valence-corrected chi connectivity index (χ4v) is 2.79. The number of carbonyl (C=O) groups is 2. The second-order valence-electron chi connectivity index (χ2n) is 5.39. The lowest BCUT2D eigenvalue weighted by atomic mass is 10.1. The van der Waals surface area contributed by atoms with Gasteiger partial charge in [-0.15, -0.1) is 0 Å². The number of ether oxygens (including phenoxy) is 1. The molecule has 1 aliphatic heterocycles. The Balaban J connectivity index is 1.74. The molecule has 1 aromatic heterocycles. The topological polar surface area (TPSA) is 83.6 Å². The van der Waals surface area contributed by atoms with Gasteiger partial charge < -0.3 is 15.4 Å². The van der Waals surface area contributed by atoms with Gasteiger partial charge in [0, 0.05) is 49.3 Å². The molecule has 1 saturated heterocycles. The molecule has 0 spiro atoms. The van der Waals surface area contributed by atoms with E-state index >= 15 is 0 Å². The van der Waals surface area contributed by atoms with E-state index in [1.807, 2.05) is 0 Å². The number of carbonyl (C=O) groups excluding carboxylic acids is 2. The Labute approximate surface area is 143 Å². The number of hydrogen-bond donors (Lipinski definition) is 2. The first-order chi connectivity index (χ1) is 11.1. The fourth-order valence-electron chi connectivity index (χ4n) is 2.46. The van der Waals surface area contributed by atoms with Crippen molar-refractivity contribution in [1.82, 2.24) is 15.2 Å². The minimum absolute atomic E-state index is 0.0707. The molecule has 8 heteroatoms. The molecule has 1 aromatic rings. The van der Waals surface area contributed by atoms with Gasteiger partial charge in [0.2, 0.25) is 5.91 Å². The monoisotopic (exact) mass is 384 g/mol. The highest BCUT2D eigenvalue weighted by Gasteiger charge is 2.22. The average Bonchev–Trinajstić information content (AvgIpc) is 2.53. The lowest BCUT2D eigenvalue weighted by Crippen LogP contribution is -2.51. The van der Waals surface area contributed by atoms with E-state index in [2.05, 4.69) is 36.4 Å². The molecule has 0 aliphatic carbocycles. The van der Waals surface area contributed by atoms with Crippen molar-refractivity contribution in [3.8, 4) is 0 Å². The van der Waals surface area contributed by atoms with Gasteiger partial charge in [-0.25, -0.2) is 4.98 Å². The summed E-state index contributed by atoms with van der Waals surface area (Å²) in [4.78, 5) is 29.6. The number of hydrogen-bond acceptors (Lipinski definition) is 6. The van der Waals surface area contributed by atoms with Gasteiger partial charge in [0.05, 0.1) is 13.5 Å². The number of piperazine rings is 1. The van der Waals surface area contributed by atoms with E-state index in [4.69, 9.17) is 4.74 Å². The molecule has 7 nitrogen and oxygen atoms in total. The summed E-state index contributed by atoms with van der Waals surface area (Å²) >= 11 is 3.34. The number of esters is 1. The highest BCUT2D eigenvalue weighted by atomic mass is 79.9. The highest BCUT2D eigenvalue weighted by Crippen LogP contribution is 2.13. The maximum Gasteiger partial charge on any atom is 0.307 e. The molecule has 0 aromatic carbocycles. The van der Waals surface area contributed by atoms with E-state index in [-0.39, 0.29) is 17.9 Å². The van der Waals surface area contributed by atoms with Gasteiger partial charge in [-0.3, -0.25) is 14.5 Å². The molecule has 1 amide bonds. The van der Waals surface area contributed by atoms with Crippen LogP contribution >= 0.6 is 15.9 Å². The number of pyridine rings is 1. The molecule has 1 atom stereocenters. The predicted molar refractivity (Wildman–Crippen MR) is 90.0 cm³/mol. The third kappa shape index (κ3) is 6.25. The Kier molecular flexibility index (Phi) is 6.94. The lowest BCUT2D eigenvalue weighted by Gasteiger charge is -2.33. The van der Waals surface area contributed by atoms with E-state index < -0.39 is 0 Å². The van der Waals surface area contributed by atoms with E-state index in [0.717, 1.165) is 24.1 Å².